The van der Waals surface area contributed by atoms with E-state index in [-0.39, 0.29) is 0 Å². The third-order valence-corrected chi connectivity index (χ3v) is 1.62. The molecular formula is C8H14NO+. The van der Waals surface area contributed by atoms with E-state index in [1.807, 2.05) is 6.07 Å². The van der Waals surface area contributed by atoms with E-state index in [0.29, 0.717) is 0 Å². The van der Waals surface area contributed by atoms with Gasteiger partial charge in [0.15, 0.2) is 11.4 Å². The molecule has 0 saturated heterocycles. The van der Waals surface area contributed by atoms with Gasteiger partial charge in [0.05, 0.1) is 0 Å². The van der Waals surface area contributed by atoms with Gasteiger partial charge in [-0.3, -0.25) is 0 Å². The number of hydrogen-bond donors (Lipinski definition) is 1. The summed E-state index contributed by atoms with van der Waals surface area (Å²) < 4.78 is 5.45. The Morgan fingerprint density at radius 2 is 2.10 bits per heavy atom. The average Bonchev–Trinajstić information content (AvgIpc) is 2.30. The van der Waals surface area contributed by atoms with Crippen molar-refractivity contribution < 1.29 is 10.2 Å². The first kappa shape index (κ1) is 7.35. The fourth-order valence-corrected chi connectivity index (χ4v) is 1.00. The minimum atomic E-state index is 0.943. The summed E-state index contributed by atoms with van der Waals surface area (Å²) in [6.07, 6.45) is 1.90. The number of rotatable bonds is 2. The van der Waals surface area contributed by atoms with Crippen LogP contribution >= 0.6 is 0 Å². The summed E-state index contributed by atoms with van der Waals surface area (Å²) >= 11 is 0. The Morgan fingerprint density at radius 1 is 1.40 bits per heavy atom. The van der Waals surface area contributed by atoms with Gasteiger partial charge < -0.3 is 10.2 Å². The van der Waals surface area contributed by atoms with Crippen LogP contribution in [0.4, 0.5) is 5.69 Å². The van der Waals surface area contributed by atoms with Gasteiger partial charge in [-0.05, 0) is 0 Å². The molecule has 0 bridgehead atoms. The highest BCUT2D eigenvalue weighted by Crippen LogP contribution is 2.16. The predicted octanol–water partition coefficient (Wildman–Crippen LogP) is 1.28. The summed E-state index contributed by atoms with van der Waals surface area (Å²) in [5.74, 6) is 2.07. The highest BCUT2D eigenvalue weighted by Gasteiger charge is 2.06. The molecule has 0 aliphatic carbocycles. The third kappa shape index (κ3) is 1.21. The fraction of sp³-hybridized carbons (Fsp3) is 0.500. The first-order valence-corrected chi connectivity index (χ1v) is 3.71. The zero-order valence-corrected chi connectivity index (χ0v) is 6.61. The van der Waals surface area contributed by atoms with Gasteiger partial charge in [0.1, 0.15) is 5.76 Å². The maximum atomic E-state index is 5.45. The molecule has 0 spiro atoms. The lowest BCUT2D eigenvalue weighted by atomic mass is 10.3. The van der Waals surface area contributed by atoms with Crippen LogP contribution in [0.2, 0.25) is 0 Å². The van der Waals surface area contributed by atoms with Crippen LogP contribution in [0.3, 0.4) is 0 Å². The van der Waals surface area contributed by atoms with Crippen molar-refractivity contribution in [1.82, 2.24) is 0 Å². The Hall–Kier alpha value is -0.760. The molecule has 1 aromatic rings. The Kier molecular flexibility index (Phi) is 2.12. The van der Waals surface area contributed by atoms with Crippen molar-refractivity contribution in [2.24, 2.45) is 0 Å². The minimum Gasteiger partial charge on any atom is -0.460 e. The lowest BCUT2D eigenvalue weighted by Crippen LogP contribution is -2.40. The fourth-order valence-electron chi connectivity index (χ4n) is 1.00. The second-order valence-electron chi connectivity index (χ2n) is 2.37. The van der Waals surface area contributed by atoms with E-state index < -0.39 is 0 Å². The van der Waals surface area contributed by atoms with E-state index in [4.69, 9.17) is 4.42 Å². The highest BCUT2D eigenvalue weighted by molar-refractivity contribution is 5.33. The number of hydrogen-bond acceptors (Lipinski definition) is 1. The predicted molar refractivity (Wildman–Crippen MR) is 40.0 cm³/mol. The molecule has 0 atom stereocenters. The molecule has 1 heterocycles. The molecule has 2 nitrogen and oxygen atoms in total. The standard InChI is InChI=1S/C8H13NO/c1-3-6-5-7(9)8(4-2)10-6/h5H,3-4,9H2,1-2H3/p+1. The Labute approximate surface area is 61.0 Å². The molecule has 0 saturated carbocycles. The lowest BCUT2D eigenvalue weighted by molar-refractivity contribution is -0.256. The lowest BCUT2D eigenvalue weighted by Gasteiger charge is -1.86. The van der Waals surface area contributed by atoms with Gasteiger partial charge in [-0.15, -0.1) is 0 Å². The molecule has 1 aromatic heterocycles. The van der Waals surface area contributed by atoms with Gasteiger partial charge in [-0.2, -0.15) is 0 Å². The minimum absolute atomic E-state index is 0.943. The Morgan fingerprint density at radius 3 is 2.40 bits per heavy atom. The van der Waals surface area contributed by atoms with Crippen LogP contribution in [-0.2, 0) is 12.8 Å². The van der Waals surface area contributed by atoms with Crippen LogP contribution in [0.25, 0.3) is 0 Å². The molecule has 3 N–H and O–H groups in total. The maximum absolute atomic E-state index is 5.45. The molecule has 2 heteroatoms. The quantitative estimate of drug-likeness (QED) is 0.660. The van der Waals surface area contributed by atoms with Gasteiger partial charge in [0.25, 0.3) is 0 Å². The summed E-state index contributed by atoms with van der Waals surface area (Å²) in [4.78, 5) is 0. The molecule has 10 heavy (non-hydrogen) atoms. The van der Waals surface area contributed by atoms with E-state index in [1.54, 1.807) is 0 Å². The second kappa shape index (κ2) is 2.88. The van der Waals surface area contributed by atoms with E-state index in [1.165, 1.54) is 0 Å². The smallest absolute Gasteiger partial charge is 0.170 e. The summed E-state index contributed by atoms with van der Waals surface area (Å²) in [7, 11) is 0. The zero-order chi connectivity index (χ0) is 7.56. The number of aryl methyl sites for hydroxylation is 2. The first-order valence-electron chi connectivity index (χ1n) is 3.71. The van der Waals surface area contributed by atoms with Crippen LogP contribution in [0, 0.1) is 0 Å². The highest BCUT2D eigenvalue weighted by atomic mass is 16.3. The number of quaternary nitrogens is 1. The molecule has 0 fully saturated rings. The molecule has 0 amide bonds. The van der Waals surface area contributed by atoms with Crippen molar-refractivity contribution in [2.45, 2.75) is 26.7 Å². The van der Waals surface area contributed by atoms with Gasteiger partial charge in [-0.25, -0.2) is 0 Å². The van der Waals surface area contributed by atoms with Gasteiger partial charge in [0, 0.05) is 18.9 Å². The van der Waals surface area contributed by atoms with Crippen LogP contribution in [-0.4, -0.2) is 0 Å². The van der Waals surface area contributed by atoms with Crippen molar-refractivity contribution in [3.05, 3.63) is 17.6 Å². The van der Waals surface area contributed by atoms with Crippen molar-refractivity contribution >= 4 is 5.69 Å². The van der Waals surface area contributed by atoms with Gasteiger partial charge >= 0.3 is 0 Å². The van der Waals surface area contributed by atoms with E-state index >= 15 is 0 Å². The van der Waals surface area contributed by atoms with E-state index in [0.717, 1.165) is 30.0 Å². The molecule has 56 valence electrons. The molecule has 0 radical (unpaired) electrons. The molecule has 0 aliphatic rings. The van der Waals surface area contributed by atoms with Crippen molar-refractivity contribution in [3.8, 4) is 0 Å². The first-order chi connectivity index (χ1) is 4.77. The number of furan rings is 1. The van der Waals surface area contributed by atoms with Crippen LogP contribution in [0.1, 0.15) is 25.4 Å². The van der Waals surface area contributed by atoms with E-state index in [2.05, 4.69) is 19.6 Å². The normalized spacial score (nSPS) is 10.3. The van der Waals surface area contributed by atoms with Crippen molar-refractivity contribution in [1.29, 1.82) is 0 Å². The summed E-state index contributed by atoms with van der Waals surface area (Å²) in [6.45, 7) is 4.16. The van der Waals surface area contributed by atoms with Gasteiger partial charge in [-0.1, -0.05) is 13.8 Å². The molecule has 0 unspecified atom stereocenters. The summed E-state index contributed by atoms with van der Waals surface area (Å²) in [5.41, 5.74) is 4.91. The summed E-state index contributed by atoms with van der Waals surface area (Å²) in [6, 6.07) is 2.01. The van der Waals surface area contributed by atoms with Crippen LogP contribution in [0.5, 0.6) is 0 Å². The Bertz CT molecular complexity index is 215. The second-order valence-corrected chi connectivity index (χ2v) is 2.37. The molecule has 1 rings (SSSR count). The Balaban J connectivity index is 2.92. The molecule has 0 aliphatic heterocycles. The summed E-state index contributed by atoms with van der Waals surface area (Å²) in [5, 5.41) is 0. The van der Waals surface area contributed by atoms with E-state index in [9.17, 15) is 0 Å². The van der Waals surface area contributed by atoms with Gasteiger partial charge in [0.2, 0.25) is 0 Å². The zero-order valence-electron chi connectivity index (χ0n) is 6.61. The van der Waals surface area contributed by atoms with Crippen molar-refractivity contribution in [3.63, 3.8) is 0 Å². The molecule has 0 aromatic carbocycles. The SMILES string of the molecule is CCc1cc([NH3+])c(CC)o1. The largest absolute Gasteiger partial charge is 0.460 e. The third-order valence-electron chi connectivity index (χ3n) is 1.62. The van der Waals surface area contributed by atoms with Crippen LogP contribution < -0.4 is 5.73 Å². The topological polar surface area (TPSA) is 40.8 Å². The van der Waals surface area contributed by atoms with Crippen molar-refractivity contribution in [2.75, 3.05) is 0 Å². The average molecular weight is 140 g/mol. The maximum Gasteiger partial charge on any atom is 0.170 e. The molecular weight excluding hydrogens is 126 g/mol. The monoisotopic (exact) mass is 140 g/mol. The van der Waals surface area contributed by atoms with Crippen LogP contribution in [0.15, 0.2) is 10.5 Å².